The van der Waals surface area contributed by atoms with Gasteiger partial charge in [0.05, 0.1) is 6.04 Å². The molecule has 106 valence electrons. The Morgan fingerprint density at radius 3 is 2.42 bits per heavy atom. The zero-order valence-corrected chi connectivity index (χ0v) is 12.3. The van der Waals surface area contributed by atoms with E-state index in [1.54, 1.807) is 0 Å². The van der Waals surface area contributed by atoms with Gasteiger partial charge in [-0.1, -0.05) is 45.7 Å². The van der Waals surface area contributed by atoms with Gasteiger partial charge in [-0.15, -0.1) is 0 Å². The first-order valence-electron chi connectivity index (χ1n) is 7.24. The summed E-state index contributed by atoms with van der Waals surface area (Å²) < 4.78 is 0. The van der Waals surface area contributed by atoms with E-state index in [1.165, 1.54) is 5.56 Å². The highest BCUT2D eigenvalue weighted by molar-refractivity contribution is 5.94. The van der Waals surface area contributed by atoms with Gasteiger partial charge in [0.15, 0.2) is 0 Å². The van der Waals surface area contributed by atoms with Gasteiger partial charge in [0, 0.05) is 5.69 Å². The minimum Gasteiger partial charge on any atom is -0.325 e. The van der Waals surface area contributed by atoms with Gasteiger partial charge in [-0.05, 0) is 36.5 Å². The number of benzene rings is 1. The first-order chi connectivity index (χ1) is 9.08. The fourth-order valence-electron chi connectivity index (χ4n) is 1.92. The molecular formula is C16H26N2O. The van der Waals surface area contributed by atoms with E-state index in [1.807, 2.05) is 12.1 Å². The lowest BCUT2D eigenvalue weighted by atomic mass is 9.98. The maximum atomic E-state index is 11.9. The third-order valence-electron chi connectivity index (χ3n) is 3.57. The summed E-state index contributed by atoms with van der Waals surface area (Å²) in [5, 5.41) is 2.87. The van der Waals surface area contributed by atoms with Gasteiger partial charge in [0.2, 0.25) is 5.91 Å². The standard InChI is InChI=1S/C16H26N2O/c1-4-6-7-15(17)16(19)18-14-10-8-13(9-11-14)12(3)5-2/h8-12,15H,4-7,17H2,1-3H3,(H,18,19). The van der Waals surface area contributed by atoms with Crippen molar-refractivity contribution < 1.29 is 4.79 Å². The van der Waals surface area contributed by atoms with Crippen LogP contribution in [0, 0.1) is 0 Å². The fraction of sp³-hybridized carbons (Fsp3) is 0.562. The average molecular weight is 262 g/mol. The van der Waals surface area contributed by atoms with Gasteiger partial charge in [0.25, 0.3) is 0 Å². The van der Waals surface area contributed by atoms with Crippen LogP contribution in [-0.2, 0) is 4.79 Å². The lowest BCUT2D eigenvalue weighted by molar-refractivity contribution is -0.117. The van der Waals surface area contributed by atoms with Crippen molar-refractivity contribution in [3.63, 3.8) is 0 Å². The minimum atomic E-state index is -0.408. The van der Waals surface area contributed by atoms with Crippen molar-refractivity contribution in [2.24, 2.45) is 5.73 Å². The number of rotatable bonds is 7. The molecule has 3 heteroatoms. The van der Waals surface area contributed by atoms with Crippen LogP contribution in [0.1, 0.15) is 57.9 Å². The number of carbonyl (C=O) groups excluding carboxylic acids is 1. The van der Waals surface area contributed by atoms with Crippen LogP contribution in [0.25, 0.3) is 0 Å². The maximum Gasteiger partial charge on any atom is 0.241 e. The largest absolute Gasteiger partial charge is 0.325 e. The number of carbonyl (C=O) groups is 1. The number of hydrogen-bond donors (Lipinski definition) is 2. The molecule has 2 unspecified atom stereocenters. The molecule has 0 aliphatic heterocycles. The van der Waals surface area contributed by atoms with Crippen LogP contribution in [0.2, 0.25) is 0 Å². The van der Waals surface area contributed by atoms with Crippen molar-refractivity contribution >= 4 is 11.6 Å². The Labute approximate surface area is 116 Å². The molecule has 0 fully saturated rings. The Balaban J connectivity index is 2.55. The van der Waals surface area contributed by atoms with Gasteiger partial charge in [-0.25, -0.2) is 0 Å². The molecule has 1 aromatic carbocycles. The predicted molar refractivity (Wildman–Crippen MR) is 81.3 cm³/mol. The molecule has 1 amide bonds. The van der Waals surface area contributed by atoms with Crippen molar-refractivity contribution in [2.45, 2.75) is 58.4 Å². The quantitative estimate of drug-likeness (QED) is 0.788. The molecular weight excluding hydrogens is 236 g/mol. The summed E-state index contributed by atoms with van der Waals surface area (Å²) in [5.41, 5.74) is 7.96. The molecule has 0 aliphatic carbocycles. The number of hydrogen-bond acceptors (Lipinski definition) is 2. The molecule has 0 saturated carbocycles. The van der Waals surface area contributed by atoms with E-state index in [0.717, 1.165) is 31.4 Å². The first-order valence-corrected chi connectivity index (χ1v) is 7.24. The van der Waals surface area contributed by atoms with Crippen molar-refractivity contribution in [3.8, 4) is 0 Å². The van der Waals surface area contributed by atoms with Crippen molar-refractivity contribution in [1.29, 1.82) is 0 Å². The van der Waals surface area contributed by atoms with E-state index in [-0.39, 0.29) is 5.91 Å². The molecule has 0 bridgehead atoms. The highest BCUT2D eigenvalue weighted by atomic mass is 16.2. The molecule has 0 radical (unpaired) electrons. The predicted octanol–water partition coefficient (Wildman–Crippen LogP) is 3.66. The molecule has 1 aromatic rings. The Kier molecular flexibility index (Phi) is 6.57. The monoisotopic (exact) mass is 262 g/mol. The van der Waals surface area contributed by atoms with Crippen molar-refractivity contribution in [2.75, 3.05) is 5.32 Å². The summed E-state index contributed by atoms with van der Waals surface area (Å²) in [6.07, 6.45) is 3.91. The van der Waals surface area contributed by atoms with Gasteiger partial charge < -0.3 is 11.1 Å². The lowest BCUT2D eigenvalue weighted by Crippen LogP contribution is -2.35. The molecule has 2 atom stereocenters. The van der Waals surface area contributed by atoms with Crippen LogP contribution in [-0.4, -0.2) is 11.9 Å². The number of unbranched alkanes of at least 4 members (excludes halogenated alkanes) is 1. The summed E-state index contributed by atoms with van der Waals surface area (Å²) in [7, 11) is 0. The van der Waals surface area contributed by atoms with E-state index in [4.69, 9.17) is 5.73 Å². The molecule has 0 saturated heterocycles. The molecule has 0 heterocycles. The van der Waals surface area contributed by atoms with E-state index in [0.29, 0.717) is 5.92 Å². The summed E-state index contributed by atoms with van der Waals surface area (Å²) in [6.45, 7) is 6.47. The molecule has 0 aromatic heterocycles. The molecule has 19 heavy (non-hydrogen) atoms. The fourth-order valence-corrected chi connectivity index (χ4v) is 1.92. The molecule has 3 nitrogen and oxygen atoms in total. The van der Waals surface area contributed by atoms with Crippen molar-refractivity contribution in [3.05, 3.63) is 29.8 Å². The number of anilines is 1. The highest BCUT2D eigenvalue weighted by Gasteiger charge is 2.12. The number of nitrogens with one attached hydrogen (secondary N) is 1. The van der Waals surface area contributed by atoms with E-state index in [9.17, 15) is 4.79 Å². The summed E-state index contributed by atoms with van der Waals surface area (Å²) in [4.78, 5) is 11.9. The van der Waals surface area contributed by atoms with Crippen LogP contribution in [0.15, 0.2) is 24.3 Å². The third-order valence-corrected chi connectivity index (χ3v) is 3.57. The van der Waals surface area contributed by atoms with Crippen LogP contribution < -0.4 is 11.1 Å². The van der Waals surface area contributed by atoms with Crippen LogP contribution in [0.5, 0.6) is 0 Å². The Hall–Kier alpha value is -1.35. The normalized spacial score (nSPS) is 13.9. The Bertz CT molecular complexity index is 386. The molecule has 3 N–H and O–H groups in total. The minimum absolute atomic E-state index is 0.0928. The zero-order valence-electron chi connectivity index (χ0n) is 12.3. The second-order valence-electron chi connectivity index (χ2n) is 5.17. The van der Waals surface area contributed by atoms with Crippen molar-refractivity contribution in [1.82, 2.24) is 0 Å². The van der Waals surface area contributed by atoms with Gasteiger partial charge >= 0.3 is 0 Å². The number of amides is 1. The van der Waals surface area contributed by atoms with Gasteiger partial charge in [0.1, 0.15) is 0 Å². The molecule has 0 aliphatic rings. The highest BCUT2D eigenvalue weighted by Crippen LogP contribution is 2.20. The van der Waals surface area contributed by atoms with E-state index < -0.39 is 6.04 Å². The molecule has 0 spiro atoms. The lowest BCUT2D eigenvalue weighted by Gasteiger charge is -2.13. The van der Waals surface area contributed by atoms with Gasteiger partial charge in [-0.2, -0.15) is 0 Å². The number of nitrogens with two attached hydrogens (primary N) is 1. The van der Waals surface area contributed by atoms with E-state index >= 15 is 0 Å². The first kappa shape index (κ1) is 15.7. The Morgan fingerprint density at radius 2 is 1.89 bits per heavy atom. The summed E-state index contributed by atoms with van der Waals surface area (Å²) in [5.74, 6) is 0.460. The second-order valence-corrected chi connectivity index (χ2v) is 5.17. The zero-order chi connectivity index (χ0) is 14.3. The van der Waals surface area contributed by atoms with E-state index in [2.05, 4.69) is 38.2 Å². The Morgan fingerprint density at radius 1 is 1.26 bits per heavy atom. The summed E-state index contributed by atoms with van der Waals surface area (Å²) >= 11 is 0. The smallest absolute Gasteiger partial charge is 0.241 e. The van der Waals surface area contributed by atoms with Crippen LogP contribution in [0.4, 0.5) is 5.69 Å². The summed E-state index contributed by atoms with van der Waals surface area (Å²) in [6, 6.07) is 7.63. The second kappa shape index (κ2) is 7.95. The SMILES string of the molecule is CCCCC(N)C(=O)Nc1ccc(C(C)CC)cc1. The topological polar surface area (TPSA) is 55.1 Å². The average Bonchev–Trinajstić information content (AvgIpc) is 2.44. The van der Waals surface area contributed by atoms with Gasteiger partial charge in [-0.3, -0.25) is 4.79 Å². The van der Waals surface area contributed by atoms with Crippen LogP contribution >= 0.6 is 0 Å². The third kappa shape index (κ3) is 5.03. The molecule has 1 rings (SSSR count). The maximum absolute atomic E-state index is 11.9. The van der Waals surface area contributed by atoms with Crippen LogP contribution in [0.3, 0.4) is 0 Å².